The predicted octanol–water partition coefficient (Wildman–Crippen LogP) is 1.64. The van der Waals surface area contributed by atoms with Gasteiger partial charge in [0.1, 0.15) is 0 Å². The first kappa shape index (κ1) is 19.7. The molecule has 8 nitrogen and oxygen atoms in total. The fourth-order valence-corrected chi connectivity index (χ4v) is 3.45. The Kier molecular flexibility index (Phi) is 5.86. The third kappa shape index (κ3) is 5.02. The molecule has 0 fully saturated rings. The monoisotopic (exact) mass is 399 g/mol. The number of hydrogen-bond donors (Lipinski definition) is 1. The maximum absolute atomic E-state index is 12.1. The first-order chi connectivity index (χ1) is 13.3. The van der Waals surface area contributed by atoms with E-state index < -0.39 is 10.0 Å². The zero-order chi connectivity index (χ0) is 20.1. The van der Waals surface area contributed by atoms with Crippen molar-refractivity contribution in [3.8, 4) is 5.82 Å². The third-order valence-electron chi connectivity index (χ3n) is 3.95. The van der Waals surface area contributed by atoms with Crippen LogP contribution in [-0.2, 0) is 16.6 Å². The highest BCUT2D eigenvalue weighted by Gasteiger charge is 2.09. The number of aryl methyl sites for hydroxylation is 2. The van der Waals surface area contributed by atoms with E-state index in [0.717, 1.165) is 22.4 Å². The molecule has 0 aliphatic carbocycles. The van der Waals surface area contributed by atoms with E-state index >= 15 is 0 Å². The van der Waals surface area contributed by atoms with E-state index in [1.165, 1.54) is 16.8 Å². The lowest BCUT2D eigenvalue weighted by Gasteiger charge is -2.08. The summed E-state index contributed by atoms with van der Waals surface area (Å²) < 4.78 is 29.5. The molecule has 0 radical (unpaired) electrons. The fraction of sp³-hybridized carbons (Fsp3) is 0.211. The number of aromatic nitrogens is 4. The summed E-state index contributed by atoms with van der Waals surface area (Å²) in [6.45, 7) is 3.90. The van der Waals surface area contributed by atoms with Gasteiger partial charge in [-0.25, -0.2) is 22.5 Å². The lowest BCUT2D eigenvalue weighted by Crippen LogP contribution is -2.31. The Balaban J connectivity index is 1.67. The van der Waals surface area contributed by atoms with Crippen LogP contribution in [0.1, 0.15) is 17.0 Å². The van der Waals surface area contributed by atoms with Gasteiger partial charge in [0.15, 0.2) is 5.82 Å². The average molecular weight is 399 g/mol. The van der Waals surface area contributed by atoms with Gasteiger partial charge in [0.25, 0.3) is 5.56 Å². The van der Waals surface area contributed by atoms with Gasteiger partial charge >= 0.3 is 0 Å². The van der Waals surface area contributed by atoms with Gasteiger partial charge < -0.3 is 0 Å². The van der Waals surface area contributed by atoms with Crippen LogP contribution < -0.4 is 10.3 Å². The third-order valence-corrected chi connectivity index (χ3v) is 5.05. The molecule has 9 heteroatoms. The highest BCUT2D eigenvalue weighted by molar-refractivity contribution is 7.92. The molecule has 0 atom stereocenters. The number of hydrogen-bond acceptors (Lipinski definition) is 5. The molecule has 0 aliphatic rings. The molecule has 0 saturated carbocycles. The fourth-order valence-electron chi connectivity index (χ4n) is 2.65. The Morgan fingerprint density at radius 3 is 2.50 bits per heavy atom. The van der Waals surface area contributed by atoms with Crippen molar-refractivity contribution in [3.63, 3.8) is 0 Å². The van der Waals surface area contributed by atoms with Gasteiger partial charge in [-0.1, -0.05) is 30.3 Å². The molecule has 2 heterocycles. The Morgan fingerprint density at radius 2 is 1.82 bits per heavy atom. The van der Waals surface area contributed by atoms with Crippen molar-refractivity contribution in [1.82, 2.24) is 24.3 Å². The smallest absolute Gasteiger partial charge is 0.266 e. The summed E-state index contributed by atoms with van der Waals surface area (Å²) in [5.74, 6) is 0.497. The van der Waals surface area contributed by atoms with Crippen LogP contribution in [-0.4, -0.2) is 34.5 Å². The summed E-state index contributed by atoms with van der Waals surface area (Å²) in [5.41, 5.74) is 2.20. The summed E-state index contributed by atoms with van der Waals surface area (Å²) in [6.07, 6.45) is 1.51. The second-order valence-corrected chi connectivity index (χ2v) is 7.90. The molecule has 0 aliphatic heterocycles. The molecule has 1 N–H and O–H groups in total. The molecule has 28 heavy (non-hydrogen) atoms. The van der Waals surface area contributed by atoms with Crippen molar-refractivity contribution in [2.24, 2.45) is 0 Å². The van der Waals surface area contributed by atoms with Crippen molar-refractivity contribution in [2.75, 3.05) is 6.54 Å². The first-order valence-electron chi connectivity index (χ1n) is 8.69. The summed E-state index contributed by atoms with van der Waals surface area (Å²) >= 11 is 0. The molecule has 0 spiro atoms. The van der Waals surface area contributed by atoms with E-state index in [2.05, 4.69) is 14.9 Å². The van der Waals surface area contributed by atoms with E-state index in [4.69, 9.17) is 0 Å². The summed E-state index contributed by atoms with van der Waals surface area (Å²) in [7, 11) is -3.62. The number of benzene rings is 1. The van der Waals surface area contributed by atoms with Gasteiger partial charge in [0.05, 0.1) is 12.2 Å². The van der Waals surface area contributed by atoms with Crippen LogP contribution in [0.2, 0.25) is 0 Å². The Hall–Kier alpha value is -3.04. The zero-order valence-corrected chi connectivity index (χ0v) is 16.4. The van der Waals surface area contributed by atoms with Gasteiger partial charge in [-0.2, -0.15) is 5.10 Å². The molecular formula is C19H21N5O3S. The average Bonchev–Trinajstić information content (AvgIpc) is 3.01. The number of rotatable bonds is 7. The van der Waals surface area contributed by atoms with Crippen LogP contribution in [0, 0.1) is 13.8 Å². The Bertz CT molecular complexity index is 1150. The topological polar surface area (TPSA) is 98.9 Å². The van der Waals surface area contributed by atoms with E-state index in [1.54, 1.807) is 22.9 Å². The molecule has 1 aromatic carbocycles. The molecular weight excluding hydrogens is 378 g/mol. The minimum atomic E-state index is -3.62. The molecule has 2 aromatic heterocycles. The molecule has 146 valence electrons. The second-order valence-electron chi connectivity index (χ2n) is 6.24. The molecule has 0 bridgehead atoms. The van der Waals surface area contributed by atoms with Crippen molar-refractivity contribution < 1.29 is 8.42 Å². The van der Waals surface area contributed by atoms with Crippen LogP contribution >= 0.6 is 0 Å². The van der Waals surface area contributed by atoms with E-state index in [1.807, 2.05) is 38.1 Å². The van der Waals surface area contributed by atoms with Crippen LogP contribution in [0.15, 0.2) is 58.7 Å². The maximum atomic E-state index is 12.1. The second kappa shape index (κ2) is 8.32. The highest BCUT2D eigenvalue weighted by atomic mass is 32.2. The van der Waals surface area contributed by atoms with E-state index in [0.29, 0.717) is 5.82 Å². The normalized spacial score (nSPS) is 11.9. The van der Waals surface area contributed by atoms with Crippen molar-refractivity contribution in [2.45, 2.75) is 20.4 Å². The molecule has 3 aromatic rings. The predicted molar refractivity (Wildman–Crippen MR) is 107 cm³/mol. The number of nitrogens with one attached hydrogen (secondary N) is 1. The molecule has 0 amide bonds. The largest absolute Gasteiger partial charge is 0.268 e. The lowest BCUT2D eigenvalue weighted by atomic mass is 10.2. The zero-order valence-electron chi connectivity index (χ0n) is 15.6. The van der Waals surface area contributed by atoms with Gasteiger partial charge in [0.2, 0.25) is 10.0 Å². The van der Waals surface area contributed by atoms with Crippen molar-refractivity contribution in [3.05, 3.63) is 81.2 Å². The van der Waals surface area contributed by atoms with Crippen LogP contribution in [0.25, 0.3) is 11.9 Å². The first-order valence-corrected chi connectivity index (χ1v) is 10.2. The number of sulfonamides is 1. The van der Waals surface area contributed by atoms with E-state index in [-0.39, 0.29) is 18.6 Å². The molecule has 0 unspecified atom stereocenters. The van der Waals surface area contributed by atoms with Gasteiger partial charge in [-0.3, -0.25) is 4.79 Å². The Labute approximate surface area is 163 Å². The summed E-state index contributed by atoms with van der Waals surface area (Å²) in [6, 6.07) is 14.0. The van der Waals surface area contributed by atoms with Gasteiger partial charge in [-0.05, 0) is 37.6 Å². The Morgan fingerprint density at radius 1 is 1.07 bits per heavy atom. The highest BCUT2D eigenvalue weighted by Crippen LogP contribution is 2.07. The van der Waals surface area contributed by atoms with Crippen LogP contribution in [0.5, 0.6) is 0 Å². The molecule has 0 saturated heterocycles. The standard InChI is InChI=1S/C19H21N5O3S/c1-15-14-16(2)24(21-15)18-8-9-19(25)23(22-18)12-11-20-28(26,27)13-10-17-6-4-3-5-7-17/h3-10,13-14,20H,11-12H2,1-2H3/b13-10+. The van der Waals surface area contributed by atoms with Crippen molar-refractivity contribution in [1.29, 1.82) is 0 Å². The minimum absolute atomic E-state index is 0.0366. The quantitative estimate of drug-likeness (QED) is 0.651. The minimum Gasteiger partial charge on any atom is -0.268 e. The summed E-state index contributed by atoms with van der Waals surface area (Å²) in [4.78, 5) is 12.0. The van der Waals surface area contributed by atoms with Crippen molar-refractivity contribution >= 4 is 16.1 Å². The van der Waals surface area contributed by atoms with Gasteiger partial charge in [-0.15, -0.1) is 5.10 Å². The van der Waals surface area contributed by atoms with Crippen LogP contribution in [0.3, 0.4) is 0 Å². The van der Waals surface area contributed by atoms with E-state index in [9.17, 15) is 13.2 Å². The van der Waals surface area contributed by atoms with Crippen LogP contribution in [0.4, 0.5) is 0 Å². The SMILES string of the molecule is Cc1cc(C)n(-c2ccc(=O)n(CCNS(=O)(=O)/C=C/c3ccccc3)n2)n1. The molecule has 3 rings (SSSR count). The number of nitrogens with zero attached hydrogens (tertiary/aromatic N) is 4. The van der Waals surface area contributed by atoms with Gasteiger partial charge in [0, 0.05) is 23.7 Å². The lowest BCUT2D eigenvalue weighted by molar-refractivity contribution is 0.545. The maximum Gasteiger partial charge on any atom is 0.266 e. The summed E-state index contributed by atoms with van der Waals surface area (Å²) in [5, 5.41) is 9.73.